The molecule has 0 spiro atoms. The Bertz CT molecular complexity index is 329. The summed E-state index contributed by atoms with van der Waals surface area (Å²) in [5.41, 5.74) is 7.18. The van der Waals surface area contributed by atoms with Gasteiger partial charge in [0.15, 0.2) is 0 Å². The van der Waals surface area contributed by atoms with Crippen molar-refractivity contribution in [2.45, 2.75) is 38.4 Å². The largest absolute Gasteiger partial charge is 0.327 e. The van der Waals surface area contributed by atoms with Crippen molar-refractivity contribution < 1.29 is 0 Å². The van der Waals surface area contributed by atoms with Crippen LogP contribution in [0.15, 0.2) is 30.3 Å². The Hall–Kier alpha value is -0.900. The zero-order valence-electron chi connectivity index (χ0n) is 11.3. The van der Waals surface area contributed by atoms with Crippen LogP contribution in [0.3, 0.4) is 0 Å². The van der Waals surface area contributed by atoms with E-state index in [0.29, 0.717) is 6.04 Å². The maximum Gasteiger partial charge on any atom is 0.0233 e. The van der Waals surface area contributed by atoms with Gasteiger partial charge < -0.3 is 11.1 Å². The number of likely N-dealkylation sites (tertiary alicyclic amines) is 1. The summed E-state index contributed by atoms with van der Waals surface area (Å²) in [6, 6.07) is 11.6. The zero-order chi connectivity index (χ0) is 12.8. The lowest BCUT2D eigenvalue weighted by molar-refractivity contribution is 0.190. The predicted molar refractivity (Wildman–Crippen MR) is 76.4 cm³/mol. The standard InChI is InChI=1S/C15H25N3/c1-13(16)11-17-15-7-9-18(10-8-15)12-14-5-3-2-4-6-14/h2-6,13,15,17H,7-12,16H2,1H3. The first-order valence-corrected chi connectivity index (χ1v) is 6.99. The lowest BCUT2D eigenvalue weighted by Crippen LogP contribution is -2.45. The molecule has 1 aromatic carbocycles. The van der Waals surface area contributed by atoms with Crippen LogP contribution in [-0.2, 0) is 6.54 Å². The first-order valence-electron chi connectivity index (χ1n) is 6.99. The van der Waals surface area contributed by atoms with E-state index in [1.165, 1.54) is 31.5 Å². The van der Waals surface area contributed by atoms with Gasteiger partial charge in [-0.25, -0.2) is 0 Å². The minimum absolute atomic E-state index is 0.257. The van der Waals surface area contributed by atoms with Gasteiger partial charge in [0.1, 0.15) is 0 Å². The number of nitrogens with one attached hydrogen (secondary N) is 1. The molecule has 3 heteroatoms. The molecule has 1 aliphatic rings. The molecule has 0 amide bonds. The normalized spacial score (nSPS) is 19.9. The van der Waals surface area contributed by atoms with Crippen LogP contribution in [-0.4, -0.2) is 36.6 Å². The number of hydrogen-bond donors (Lipinski definition) is 2. The van der Waals surface area contributed by atoms with Crippen LogP contribution in [0.25, 0.3) is 0 Å². The molecule has 18 heavy (non-hydrogen) atoms. The first kappa shape index (κ1) is 13.5. The lowest BCUT2D eigenvalue weighted by atomic mass is 10.0. The predicted octanol–water partition coefficient (Wildman–Crippen LogP) is 1.59. The fourth-order valence-electron chi connectivity index (χ4n) is 2.49. The number of nitrogens with two attached hydrogens (primary N) is 1. The zero-order valence-corrected chi connectivity index (χ0v) is 11.3. The van der Waals surface area contributed by atoms with Gasteiger partial charge in [0.2, 0.25) is 0 Å². The van der Waals surface area contributed by atoms with Gasteiger partial charge in [-0.2, -0.15) is 0 Å². The Morgan fingerprint density at radius 3 is 2.56 bits per heavy atom. The summed E-state index contributed by atoms with van der Waals surface area (Å²) in [5, 5.41) is 3.55. The number of benzene rings is 1. The van der Waals surface area contributed by atoms with Crippen molar-refractivity contribution in [2.75, 3.05) is 19.6 Å². The Kier molecular flexibility index (Phi) is 5.17. The van der Waals surface area contributed by atoms with Crippen LogP contribution in [0.5, 0.6) is 0 Å². The average Bonchev–Trinajstić information content (AvgIpc) is 2.39. The molecule has 1 fully saturated rings. The fraction of sp³-hybridized carbons (Fsp3) is 0.600. The van der Waals surface area contributed by atoms with Crippen molar-refractivity contribution in [3.05, 3.63) is 35.9 Å². The summed E-state index contributed by atoms with van der Waals surface area (Å²) in [5.74, 6) is 0. The number of hydrogen-bond acceptors (Lipinski definition) is 3. The number of piperidine rings is 1. The molecule has 1 saturated heterocycles. The summed E-state index contributed by atoms with van der Waals surface area (Å²) < 4.78 is 0. The number of rotatable bonds is 5. The van der Waals surface area contributed by atoms with Crippen molar-refractivity contribution in [3.63, 3.8) is 0 Å². The van der Waals surface area contributed by atoms with Gasteiger partial charge in [-0.3, -0.25) is 4.90 Å². The molecule has 3 N–H and O–H groups in total. The van der Waals surface area contributed by atoms with Crippen molar-refractivity contribution in [1.82, 2.24) is 10.2 Å². The molecular formula is C15H25N3. The SMILES string of the molecule is CC(N)CNC1CCN(Cc2ccccc2)CC1. The van der Waals surface area contributed by atoms with Crippen LogP contribution in [0.4, 0.5) is 0 Å². The second-order valence-electron chi connectivity index (χ2n) is 5.42. The van der Waals surface area contributed by atoms with Gasteiger partial charge in [0.25, 0.3) is 0 Å². The van der Waals surface area contributed by atoms with Crippen LogP contribution >= 0.6 is 0 Å². The van der Waals surface area contributed by atoms with Crippen LogP contribution in [0.1, 0.15) is 25.3 Å². The quantitative estimate of drug-likeness (QED) is 0.830. The van der Waals surface area contributed by atoms with Gasteiger partial charge >= 0.3 is 0 Å². The fourth-order valence-corrected chi connectivity index (χ4v) is 2.49. The Morgan fingerprint density at radius 1 is 1.28 bits per heavy atom. The second kappa shape index (κ2) is 6.88. The van der Waals surface area contributed by atoms with E-state index in [0.717, 1.165) is 13.1 Å². The van der Waals surface area contributed by atoms with Crippen molar-refractivity contribution in [3.8, 4) is 0 Å². The minimum Gasteiger partial charge on any atom is -0.327 e. The maximum atomic E-state index is 5.77. The van der Waals surface area contributed by atoms with E-state index in [2.05, 4.69) is 47.5 Å². The van der Waals surface area contributed by atoms with Crippen LogP contribution < -0.4 is 11.1 Å². The van der Waals surface area contributed by atoms with E-state index in [1.807, 2.05) is 0 Å². The highest BCUT2D eigenvalue weighted by molar-refractivity contribution is 5.14. The lowest BCUT2D eigenvalue weighted by Gasteiger charge is -2.32. The molecule has 1 atom stereocenters. The summed E-state index contributed by atoms with van der Waals surface area (Å²) in [6.07, 6.45) is 2.47. The third-order valence-corrected chi connectivity index (χ3v) is 3.57. The van der Waals surface area contributed by atoms with Crippen molar-refractivity contribution in [1.29, 1.82) is 0 Å². The topological polar surface area (TPSA) is 41.3 Å². The highest BCUT2D eigenvalue weighted by Gasteiger charge is 2.18. The molecule has 1 aliphatic heterocycles. The van der Waals surface area contributed by atoms with Gasteiger partial charge in [-0.1, -0.05) is 30.3 Å². The monoisotopic (exact) mass is 247 g/mol. The van der Waals surface area contributed by atoms with E-state index in [-0.39, 0.29) is 6.04 Å². The molecule has 3 nitrogen and oxygen atoms in total. The van der Waals surface area contributed by atoms with Crippen LogP contribution in [0.2, 0.25) is 0 Å². The molecule has 0 aliphatic carbocycles. The van der Waals surface area contributed by atoms with E-state index in [4.69, 9.17) is 5.73 Å². The molecule has 100 valence electrons. The van der Waals surface area contributed by atoms with Gasteiger partial charge in [0.05, 0.1) is 0 Å². The van der Waals surface area contributed by atoms with E-state index < -0.39 is 0 Å². The van der Waals surface area contributed by atoms with E-state index in [1.54, 1.807) is 0 Å². The molecule has 2 rings (SSSR count). The molecule has 0 radical (unpaired) electrons. The molecule has 0 aromatic heterocycles. The molecular weight excluding hydrogens is 222 g/mol. The van der Waals surface area contributed by atoms with Gasteiger partial charge in [-0.05, 0) is 38.4 Å². The summed E-state index contributed by atoms with van der Waals surface area (Å²) in [4.78, 5) is 2.54. The number of nitrogens with zero attached hydrogens (tertiary/aromatic N) is 1. The third kappa shape index (κ3) is 4.41. The van der Waals surface area contributed by atoms with Crippen LogP contribution in [0, 0.1) is 0 Å². The Labute approximate surface area is 110 Å². The van der Waals surface area contributed by atoms with Crippen molar-refractivity contribution in [2.24, 2.45) is 5.73 Å². The smallest absolute Gasteiger partial charge is 0.0233 e. The Balaban J connectivity index is 1.70. The molecule has 1 aromatic rings. The van der Waals surface area contributed by atoms with E-state index >= 15 is 0 Å². The Morgan fingerprint density at radius 2 is 1.94 bits per heavy atom. The summed E-state index contributed by atoms with van der Waals surface area (Å²) in [6.45, 7) is 6.44. The summed E-state index contributed by atoms with van der Waals surface area (Å²) >= 11 is 0. The average molecular weight is 247 g/mol. The molecule has 0 saturated carbocycles. The molecule has 1 heterocycles. The summed E-state index contributed by atoms with van der Waals surface area (Å²) in [7, 11) is 0. The van der Waals surface area contributed by atoms with Crippen molar-refractivity contribution >= 4 is 0 Å². The molecule has 0 bridgehead atoms. The van der Waals surface area contributed by atoms with Gasteiger partial charge in [0, 0.05) is 25.2 Å². The van der Waals surface area contributed by atoms with Gasteiger partial charge in [-0.15, -0.1) is 0 Å². The first-order chi connectivity index (χ1) is 8.74. The van der Waals surface area contributed by atoms with E-state index in [9.17, 15) is 0 Å². The minimum atomic E-state index is 0.257. The second-order valence-corrected chi connectivity index (χ2v) is 5.42. The third-order valence-electron chi connectivity index (χ3n) is 3.57. The molecule has 1 unspecified atom stereocenters. The highest BCUT2D eigenvalue weighted by Crippen LogP contribution is 2.13. The maximum absolute atomic E-state index is 5.77. The highest BCUT2D eigenvalue weighted by atomic mass is 15.1.